The van der Waals surface area contributed by atoms with E-state index < -0.39 is 0 Å². The molecule has 1 aromatic carbocycles. The van der Waals surface area contributed by atoms with Gasteiger partial charge in [0.05, 0.1) is 6.61 Å². The lowest BCUT2D eigenvalue weighted by atomic mass is 9.81. The molecule has 4 heteroatoms. The second-order valence-corrected chi connectivity index (χ2v) is 5.34. The fraction of sp³-hybridized carbons (Fsp3) is 0.533. The van der Waals surface area contributed by atoms with Crippen molar-refractivity contribution in [3.05, 3.63) is 29.7 Å². The van der Waals surface area contributed by atoms with Crippen molar-refractivity contribution in [3.8, 4) is 0 Å². The van der Waals surface area contributed by atoms with Crippen molar-refractivity contribution in [2.75, 3.05) is 19.7 Å². The highest BCUT2D eigenvalue weighted by atomic mass is 16.3. The molecule has 19 heavy (non-hydrogen) atoms. The van der Waals surface area contributed by atoms with Crippen LogP contribution in [0.2, 0.25) is 0 Å². The highest BCUT2D eigenvalue weighted by molar-refractivity contribution is 5.73. The Morgan fingerprint density at radius 1 is 1.42 bits per heavy atom. The van der Waals surface area contributed by atoms with Crippen LogP contribution in [0.25, 0.3) is 11.1 Å². The van der Waals surface area contributed by atoms with E-state index in [9.17, 15) is 5.11 Å². The zero-order valence-corrected chi connectivity index (χ0v) is 11.2. The Morgan fingerprint density at radius 3 is 2.95 bits per heavy atom. The molecule has 0 bridgehead atoms. The Morgan fingerprint density at radius 2 is 2.21 bits per heavy atom. The summed E-state index contributed by atoms with van der Waals surface area (Å²) in [7, 11) is 0. The van der Waals surface area contributed by atoms with Crippen molar-refractivity contribution in [1.82, 2.24) is 10.3 Å². The first-order chi connectivity index (χ1) is 9.28. The normalized spacial score (nSPS) is 18.8. The van der Waals surface area contributed by atoms with Gasteiger partial charge in [-0.2, -0.15) is 0 Å². The SMILES string of the molecule is Cc1nc2ccc(C(CO)C3CCNCC3)cc2o1. The molecule has 0 radical (unpaired) electrons. The molecular formula is C15H20N2O2. The number of benzene rings is 1. The van der Waals surface area contributed by atoms with Crippen LogP contribution in [-0.2, 0) is 0 Å². The summed E-state index contributed by atoms with van der Waals surface area (Å²) in [5, 5.41) is 13.1. The van der Waals surface area contributed by atoms with Crippen molar-refractivity contribution in [3.63, 3.8) is 0 Å². The van der Waals surface area contributed by atoms with Gasteiger partial charge < -0.3 is 14.8 Å². The van der Waals surface area contributed by atoms with E-state index in [2.05, 4.69) is 16.4 Å². The number of nitrogens with one attached hydrogen (secondary N) is 1. The second kappa shape index (κ2) is 5.31. The fourth-order valence-corrected chi connectivity index (χ4v) is 3.06. The van der Waals surface area contributed by atoms with E-state index >= 15 is 0 Å². The molecule has 2 aromatic rings. The summed E-state index contributed by atoms with van der Waals surface area (Å²) < 4.78 is 5.59. The Kier molecular flexibility index (Phi) is 3.53. The highest BCUT2D eigenvalue weighted by Crippen LogP contribution is 2.32. The molecule has 1 unspecified atom stereocenters. The van der Waals surface area contributed by atoms with E-state index in [-0.39, 0.29) is 12.5 Å². The molecule has 2 heterocycles. The van der Waals surface area contributed by atoms with Gasteiger partial charge in [0.2, 0.25) is 0 Å². The standard InChI is InChI=1S/C15H20N2O2/c1-10-17-14-3-2-12(8-15(14)19-10)13(9-18)11-4-6-16-7-5-11/h2-3,8,11,13,16,18H,4-7,9H2,1H3. The first kappa shape index (κ1) is 12.6. The molecule has 0 saturated carbocycles. The van der Waals surface area contributed by atoms with Gasteiger partial charge in [-0.25, -0.2) is 4.98 Å². The van der Waals surface area contributed by atoms with Crippen LogP contribution >= 0.6 is 0 Å². The topological polar surface area (TPSA) is 58.3 Å². The molecule has 4 nitrogen and oxygen atoms in total. The minimum absolute atomic E-state index is 0.198. The summed E-state index contributed by atoms with van der Waals surface area (Å²) in [6.45, 7) is 4.15. The van der Waals surface area contributed by atoms with Gasteiger partial charge in [-0.15, -0.1) is 0 Å². The number of oxazole rings is 1. The molecule has 2 N–H and O–H groups in total. The molecule has 1 aliphatic rings. The van der Waals surface area contributed by atoms with Crippen molar-refractivity contribution in [2.24, 2.45) is 5.92 Å². The molecule has 0 aliphatic carbocycles. The molecular weight excluding hydrogens is 240 g/mol. The average molecular weight is 260 g/mol. The molecule has 1 atom stereocenters. The Labute approximate surface area is 112 Å². The lowest BCUT2D eigenvalue weighted by Crippen LogP contribution is -2.32. The van der Waals surface area contributed by atoms with E-state index in [4.69, 9.17) is 4.42 Å². The van der Waals surface area contributed by atoms with Crippen LogP contribution in [0, 0.1) is 12.8 Å². The summed E-state index contributed by atoms with van der Waals surface area (Å²) in [4.78, 5) is 4.31. The van der Waals surface area contributed by atoms with Crippen LogP contribution < -0.4 is 5.32 Å². The monoisotopic (exact) mass is 260 g/mol. The lowest BCUT2D eigenvalue weighted by Gasteiger charge is -2.29. The number of hydrogen-bond donors (Lipinski definition) is 2. The lowest BCUT2D eigenvalue weighted by molar-refractivity contribution is 0.201. The van der Waals surface area contributed by atoms with Gasteiger partial charge in [-0.3, -0.25) is 0 Å². The summed E-state index contributed by atoms with van der Waals surface area (Å²) in [6.07, 6.45) is 2.25. The maximum Gasteiger partial charge on any atom is 0.192 e. The largest absolute Gasteiger partial charge is 0.441 e. The maximum atomic E-state index is 9.74. The van der Waals surface area contributed by atoms with E-state index in [1.54, 1.807) is 0 Å². The number of fused-ring (bicyclic) bond motifs is 1. The quantitative estimate of drug-likeness (QED) is 0.888. The van der Waals surface area contributed by atoms with Gasteiger partial charge in [0.15, 0.2) is 11.5 Å². The van der Waals surface area contributed by atoms with Crippen LogP contribution in [-0.4, -0.2) is 29.8 Å². The molecule has 1 aliphatic heterocycles. The average Bonchev–Trinajstić information content (AvgIpc) is 2.80. The number of piperidine rings is 1. The van der Waals surface area contributed by atoms with Gasteiger partial charge in [0.25, 0.3) is 0 Å². The first-order valence-corrected chi connectivity index (χ1v) is 6.96. The maximum absolute atomic E-state index is 9.74. The number of aromatic nitrogens is 1. The first-order valence-electron chi connectivity index (χ1n) is 6.96. The van der Waals surface area contributed by atoms with Gasteiger partial charge in [0, 0.05) is 12.8 Å². The van der Waals surface area contributed by atoms with Crippen LogP contribution in [0.4, 0.5) is 0 Å². The molecule has 0 spiro atoms. The molecule has 0 amide bonds. The summed E-state index contributed by atoms with van der Waals surface area (Å²) >= 11 is 0. The minimum atomic E-state index is 0.198. The van der Waals surface area contributed by atoms with Crippen LogP contribution in [0.5, 0.6) is 0 Å². The fourth-order valence-electron chi connectivity index (χ4n) is 3.06. The van der Waals surface area contributed by atoms with Crippen LogP contribution in [0.1, 0.15) is 30.2 Å². The smallest absolute Gasteiger partial charge is 0.192 e. The third kappa shape index (κ3) is 2.51. The van der Waals surface area contributed by atoms with Gasteiger partial charge in [-0.05, 0) is 49.5 Å². The van der Waals surface area contributed by atoms with Gasteiger partial charge >= 0.3 is 0 Å². The summed E-state index contributed by atoms with van der Waals surface area (Å²) in [5.41, 5.74) is 2.88. The Balaban J connectivity index is 1.91. The van der Waals surface area contributed by atoms with E-state index in [1.807, 2.05) is 19.1 Å². The highest BCUT2D eigenvalue weighted by Gasteiger charge is 2.24. The number of aryl methyl sites for hydroxylation is 1. The predicted octanol–water partition coefficient (Wildman–Crippen LogP) is 2.21. The van der Waals surface area contributed by atoms with Crippen molar-refractivity contribution >= 4 is 11.1 Å². The zero-order valence-electron chi connectivity index (χ0n) is 11.2. The van der Waals surface area contributed by atoms with E-state index in [0.717, 1.165) is 42.6 Å². The molecule has 1 saturated heterocycles. The minimum Gasteiger partial charge on any atom is -0.441 e. The van der Waals surface area contributed by atoms with E-state index in [1.165, 1.54) is 0 Å². The van der Waals surface area contributed by atoms with Crippen molar-refractivity contribution in [2.45, 2.75) is 25.7 Å². The molecule has 1 fully saturated rings. The number of aliphatic hydroxyl groups is 1. The summed E-state index contributed by atoms with van der Waals surface area (Å²) in [5.74, 6) is 1.44. The molecule has 102 valence electrons. The Hall–Kier alpha value is -1.39. The van der Waals surface area contributed by atoms with Gasteiger partial charge in [-0.1, -0.05) is 6.07 Å². The van der Waals surface area contributed by atoms with Crippen LogP contribution in [0.3, 0.4) is 0 Å². The zero-order chi connectivity index (χ0) is 13.2. The number of rotatable bonds is 3. The van der Waals surface area contributed by atoms with Gasteiger partial charge in [0.1, 0.15) is 5.52 Å². The summed E-state index contributed by atoms with van der Waals surface area (Å²) in [6, 6.07) is 6.11. The van der Waals surface area contributed by atoms with Crippen molar-refractivity contribution < 1.29 is 9.52 Å². The third-order valence-corrected chi connectivity index (χ3v) is 4.10. The molecule has 1 aromatic heterocycles. The second-order valence-electron chi connectivity index (χ2n) is 5.34. The predicted molar refractivity (Wildman–Crippen MR) is 74.2 cm³/mol. The van der Waals surface area contributed by atoms with Crippen LogP contribution in [0.15, 0.2) is 22.6 Å². The van der Waals surface area contributed by atoms with Crippen molar-refractivity contribution in [1.29, 1.82) is 0 Å². The van der Waals surface area contributed by atoms with E-state index in [0.29, 0.717) is 11.8 Å². The third-order valence-electron chi connectivity index (χ3n) is 4.10. The number of aliphatic hydroxyl groups excluding tert-OH is 1. The number of nitrogens with zero attached hydrogens (tertiary/aromatic N) is 1. The Bertz CT molecular complexity index is 558. The molecule has 3 rings (SSSR count). The number of hydrogen-bond acceptors (Lipinski definition) is 4.